The quantitative estimate of drug-likeness (QED) is 0.180. The summed E-state index contributed by atoms with van der Waals surface area (Å²) >= 11 is 0. The number of rotatable bonds is 11. The third-order valence-corrected chi connectivity index (χ3v) is 8.21. The van der Waals surface area contributed by atoms with Crippen LogP contribution in [-0.2, 0) is 38.2 Å². The first-order valence-electron chi connectivity index (χ1n) is 9.65. The summed E-state index contributed by atoms with van der Waals surface area (Å²) in [6.07, 6.45) is -2.85. The number of benzene rings is 2. The molecule has 2 N–H and O–H groups in total. The van der Waals surface area contributed by atoms with Gasteiger partial charge in [-0.1, -0.05) is 42.5 Å². The van der Waals surface area contributed by atoms with Crippen molar-refractivity contribution in [2.45, 2.75) is 31.3 Å². The molecular formula is C18H20Na3O13P3. The topological polar surface area (TPSA) is 207 Å². The van der Waals surface area contributed by atoms with Crippen LogP contribution in [0.2, 0.25) is 0 Å². The van der Waals surface area contributed by atoms with E-state index in [0.29, 0.717) is 17.9 Å². The van der Waals surface area contributed by atoms with Gasteiger partial charge in [-0.2, -0.15) is 0 Å². The molecule has 0 aromatic heterocycles. The second-order valence-electron chi connectivity index (χ2n) is 7.13. The molecule has 0 saturated carbocycles. The van der Waals surface area contributed by atoms with Gasteiger partial charge >= 0.3 is 88.7 Å². The van der Waals surface area contributed by atoms with E-state index in [1.807, 2.05) is 30.3 Å². The maximum Gasteiger partial charge on any atom is 1.00 e. The van der Waals surface area contributed by atoms with E-state index >= 15 is 0 Å². The molecular weight excluding hydrogens is 586 g/mol. The van der Waals surface area contributed by atoms with Crippen molar-refractivity contribution in [1.29, 1.82) is 0 Å². The van der Waals surface area contributed by atoms with Crippen LogP contribution in [0, 0.1) is 0 Å². The van der Waals surface area contributed by atoms with Gasteiger partial charge in [-0.05, 0) is 23.3 Å². The molecule has 6 atom stereocenters. The Kier molecular flexibility index (Phi) is 17.6. The minimum absolute atomic E-state index is 0. The number of phosphoric acid groups is 3. The van der Waals surface area contributed by atoms with E-state index in [1.165, 1.54) is 0 Å². The largest absolute Gasteiger partial charge is 1.00 e. The number of hydrogen-bond acceptors (Lipinski definition) is 12. The fourth-order valence-electron chi connectivity index (χ4n) is 3.07. The van der Waals surface area contributed by atoms with Crippen molar-refractivity contribution < 1.29 is 150 Å². The number of ether oxygens (including phenoxy) is 2. The summed E-state index contributed by atoms with van der Waals surface area (Å²) in [7, 11) is -17.5. The van der Waals surface area contributed by atoms with Gasteiger partial charge in [-0.3, -0.25) is 13.7 Å². The molecule has 1 aliphatic rings. The Morgan fingerprint density at radius 2 is 1.49 bits per heavy atom. The second kappa shape index (κ2) is 16.9. The minimum Gasteiger partial charge on any atom is -0.756 e. The van der Waals surface area contributed by atoms with Crippen LogP contribution in [0.5, 0.6) is 5.75 Å². The van der Waals surface area contributed by atoms with Gasteiger partial charge in [0, 0.05) is 6.42 Å². The van der Waals surface area contributed by atoms with Crippen LogP contribution in [0.4, 0.5) is 0 Å². The van der Waals surface area contributed by atoms with Crippen LogP contribution < -0.4 is 108 Å². The standard InChI is InChI=1S/C18H23O13P3.3Na/c19-16-10-17(14-6-8-15(9-7-14)27-11-13-4-2-1-3-5-13)29-18(16)12-28-33(23,24)31-34(25,26)30-32(20,21)22;;;/h1-9,16-19H,10-12H2,(H,23,24)(H,25,26)(H2,20,21,22);;;/q;3*+1/p-3/t16-,17+,18+;;;/m0.../s1. The molecule has 2 aromatic carbocycles. The van der Waals surface area contributed by atoms with Crippen molar-refractivity contribution in [3.63, 3.8) is 0 Å². The van der Waals surface area contributed by atoms with Crippen LogP contribution >= 0.6 is 23.5 Å². The monoisotopic (exact) mass is 606 g/mol. The predicted molar refractivity (Wildman–Crippen MR) is 109 cm³/mol. The number of aliphatic hydroxyl groups excluding tert-OH is 1. The number of aliphatic hydroxyl groups is 1. The van der Waals surface area contributed by atoms with Crippen molar-refractivity contribution in [2.24, 2.45) is 0 Å². The van der Waals surface area contributed by atoms with Crippen LogP contribution in [0.3, 0.4) is 0 Å². The van der Waals surface area contributed by atoms with Gasteiger partial charge < -0.3 is 38.7 Å². The summed E-state index contributed by atoms with van der Waals surface area (Å²) in [6.45, 7) is -0.452. The van der Waals surface area contributed by atoms with Crippen molar-refractivity contribution in [3.8, 4) is 5.75 Å². The second-order valence-corrected chi connectivity index (χ2v) is 11.4. The summed E-state index contributed by atoms with van der Waals surface area (Å²) in [4.78, 5) is 41.7. The normalized spacial score (nSPS) is 23.6. The Balaban J connectivity index is 0.00000432. The molecule has 3 unspecified atom stereocenters. The van der Waals surface area contributed by atoms with Gasteiger partial charge in [0.25, 0.3) is 23.5 Å². The molecule has 0 bridgehead atoms. The van der Waals surface area contributed by atoms with E-state index in [2.05, 4.69) is 13.1 Å². The number of phosphoric ester groups is 1. The molecule has 2 aromatic rings. The first-order valence-corrected chi connectivity index (χ1v) is 14.1. The smallest absolute Gasteiger partial charge is 0.756 e. The zero-order chi connectivity index (χ0) is 25.0. The average molecular weight is 606 g/mol. The molecule has 1 heterocycles. The molecule has 13 nitrogen and oxygen atoms in total. The van der Waals surface area contributed by atoms with E-state index in [4.69, 9.17) is 14.4 Å². The molecule has 1 saturated heterocycles. The van der Waals surface area contributed by atoms with Gasteiger partial charge in [0.15, 0.2) is 0 Å². The van der Waals surface area contributed by atoms with E-state index in [9.17, 15) is 33.5 Å². The molecule has 0 spiro atoms. The zero-order valence-corrected chi connectivity index (χ0v) is 29.0. The first kappa shape index (κ1) is 38.6. The average Bonchev–Trinajstić information content (AvgIpc) is 3.10. The maximum absolute atomic E-state index is 11.7. The Labute approximate surface area is 279 Å². The summed E-state index contributed by atoms with van der Waals surface area (Å²) in [5.74, 6) is 0.602. The molecule has 0 radical (unpaired) electrons. The van der Waals surface area contributed by atoms with Gasteiger partial charge in [0.1, 0.15) is 18.5 Å². The third-order valence-electron chi connectivity index (χ3n) is 4.52. The van der Waals surface area contributed by atoms with Crippen molar-refractivity contribution in [2.75, 3.05) is 6.61 Å². The zero-order valence-electron chi connectivity index (χ0n) is 20.3. The summed E-state index contributed by atoms with van der Waals surface area (Å²) in [5, 5.41) is 10.2. The van der Waals surface area contributed by atoms with Crippen LogP contribution in [0.1, 0.15) is 23.7 Å². The Morgan fingerprint density at radius 3 is 2.05 bits per heavy atom. The van der Waals surface area contributed by atoms with Crippen molar-refractivity contribution in [3.05, 3.63) is 65.7 Å². The molecule has 0 aliphatic carbocycles. The minimum atomic E-state index is -5.99. The maximum atomic E-state index is 11.7. The fourth-order valence-corrected chi connectivity index (χ4v) is 5.96. The fraction of sp³-hybridized carbons (Fsp3) is 0.333. The predicted octanol–water partition coefficient (Wildman–Crippen LogP) is -8.08. The van der Waals surface area contributed by atoms with Gasteiger partial charge in [0.05, 0.1) is 18.8 Å². The van der Waals surface area contributed by atoms with Crippen LogP contribution in [0.15, 0.2) is 54.6 Å². The first-order chi connectivity index (χ1) is 15.8. The molecule has 1 fully saturated rings. The molecule has 19 heteroatoms. The van der Waals surface area contributed by atoms with Crippen LogP contribution in [0.25, 0.3) is 0 Å². The Morgan fingerprint density at radius 1 is 0.892 bits per heavy atom. The van der Waals surface area contributed by atoms with Crippen molar-refractivity contribution in [1.82, 2.24) is 0 Å². The van der Waals surface area contributed by atoms with E-state index in [-0.39, 0.29) is 95.1 Å². The molecule has 0 amide bonds. The SMILES string of the molecule is O=P([O-])(O)OP(=O)([O-])OP(=O)([O-])OC[C@H]1O[C@@H](c2ccc(OCc3ccccc3)cc2)C[C@@H]1O.[Na+].[Na+].[Na+]. The molecule has 188 valence electrons. The van der Waals surface area contributed by atoms with Crippen LogP contribution in [-0.4, -0.2) is 28.8 Å². The van der Waals surface area contributed by atoms with E-state index in [1.54, 1.807) is 24.3 Å². The molecule has 1 aliphatic heterocycles. The summed E-state index contributed by atoms with van der Waals surface area (Å²) in [6, 6.07) is 16.4. The summed E-state index contributed by atoms with van der Waals surface area (Å²) < 4.78 is 55.7. The van der Waals surface area contributed by atoms with Gasteiger partial charge in [0.2, 0.25) is 0 Å². The van der Waals surface area contributed by atoms with E-state index in [0.717, 1.165) is 5.56 Å². The number of hydrogen-bond donors (Lipinski definition) is 2. The summed E-state index contributed by atoms with van der Waals surface area (Å²) in [5.41, 5.74) is 1.66. The Hall–Kier alpha value is 1.57. The van der Waals surface area contributed by atoms with Gasteiger partial charge in [-0.25, -0.2) is 8.62 Å². The van der Waals surface area contributed by atoms with Crippen molar-refractivity contribution >= 4 is 23.5 Å². The van der Waals surface area contributed by atoms with Gasteiger partial charge in [-0.15, -0.1) is 0 Å². The molecule has 3 rings (SSSR count). The Bertz CT molecular complexity index is 1100. The molecule has 37 heavy (non-hydrogen) atoms. The third kappa shape index (κ3) is 13.9. The van der Waals surface area contributed by atoms with E-state index < -0.39 is 48.4 Å².